The van der Waals surface area contributed by atoms with Gasteiger partial charge in [0, 0.05) is 14.1 Å². The lowest BCUT2D eigenvalue weighted by Gasteiger charge is -2.23. The second kappa shape index (κ2) is 10.8. The lowest BCUT2D eigenvalue weighted by atomic mass is 10.1. The normalized spacial score (nSPS) is 10.2. The van der Waals surface area contributed by atoms with Crippen LogP contribution in [0.25, 0.3) is 0 Å². The van der Waals surface area contributed by atoms with Crippen LogP contribution in [0.4, 0.5) is 21.0 Å². The van der Waals surface area contributed by atoms with Crippen LogP contribution in [-0.2, 0) is 22.7 Å². The van der Waals surface area contributed by atoms with Crippen LogP contribution in [0.2, 0.25) is 0 Å². The summed E-state index contributed by atoms with van der Waals surface area (Å²) in [6.07, 6.45) is -0.640. The molecule has 0 unspecified atom stereocenters. The molecule has 0 fully saturated rings. The Bertz CT molecular complexity index is 990. The molecule has 0 saturated heterocycles. The van der Waals surface area contributed by atoms with E-state index in [-0.39, 0.29) is 18.8 Å². The highest BCUT2D eigenvalue weighted by Gasteiger charge is 2.22. The van der Waals surface area contributed by atoms with Gasteiger partial charge in [-0.25, -0.2) is 9.59 Å². The van der Waals surface area contributed by atoms with E-state index in [4.69, 9.17) is 9.47 Å². The Morgan fingerprint density at radius 1 is 0.688 bits per heavy atom. The largest absolute Gasteiger partial charge is 0.444 e. The van der Waals surface area contributed by atoms with Crippen molar-refractivity contribution in [2.45, 2.75) is 13.2 Å². The van der Waals surface area contributed by atoms with Crippen molar-refractivity contribution in [2.24, 2.45) is 0 Å². The first-order valence-electron chi connectivity index (χ1n) is 9.98. The number of hydrogen-bond acceptors (Lipinski definition) is 5. The predicted octanol–water partition coefficient (Wildman–Crippen LogP) is 5.05. The topological polar surface area (TPSA) is 76.2 Å². The van der Waals surface area contributed by atoms with Crippen molar-refractivity contribution in [3.8, 4) is 0 Å². The highest BCUT2D eigenvalue weighted by atomic mass is 16.6. The summed E-state index contributed by atoms with van der Waals surface area (Å²) >= 11 is 0. The van der Waals surface area contributed by atoms with Crippen molar-refractivity contribution in [1.82, 2.24) is 0 Å². The summed E-state index contributed by atoms with van der Waals surface area (Å²) in [4.78, 5) is 39.5. The number of carbonyl (C=O) groups excluding carboxylic acids is 3. The van der Waals surface area contributed by atoms with Crippen molar-refractivity contribution in [2.75, 3.05) is 23.9 Å². The van der Waals surface area contributed by atoms with Crippen LogP contribution >= 0.6 is 0 Å². The zero-order chi connectivity index (χ0) is 22.9. The highest BCUT2D eigenvalue weighted by Crippen LogP contribution is 2.29. The number of carbonyl (C=O) groups is 3. The van der Waals surface area contributed by atoms with Gasteiger partial charge in [0.25, 0.3) is 0 Å². The Balaban J connectivity index is 1.72. The number of amides is 2. The first-order valence-corrected chi connectivity index (χ1v) is 9.98. The molecule has 3 rings (SSSR count). The smallest absolute Gasteiger partial charge is 0.414 e. The fourth-order valence-electron chi connectivity index (χ4n) is 3.08. The Hall–Kier alpha value is -4.13. The quantitative estimate of drug-likeness (QED) is 0.489. The number of hydrogen-bond donors (Lipinski definition) is 0. The lowest BCUT2D eigenvalue weighted by molar-refractivity contribution is 0.112. The van der Waals surface area contributed by atoms with Crippen LogP contribution in [-0.4, -0.2) is 32.6 Å². The molecule has 32 heavy (non-hydrogen) atoms. The minimum Gasteiger partial charge on any atom is -0.444 e. The van der Waals surface area contributed by atoms with E-state index in [0.29, 0.717) is 17.7 Å². The molecule has 0 aliphatic carbocycles. The fourth-order valence-corrected chi connectivity index (χ4v) is 3.08. The number of nitrogens with zero attached hydrogens (tertiary/aromatic N) is 2. The maximum absolute atomic E-state index is 12.5. The molecule has 3 aromatic rings. The molecule has 0 aliphatic heterocycles. The monoisotopic (exact) mass is 432 g/mol. The third kappa shape index (κ3) is 5.51. The Labute approximate surface area is 186 Å². The highest BCUT2D eigenvalue weighted by molar-refractivity contribution is 6.02. The Morgan fingerprint density at radius 2 is 1.09 bits per heavy atom. The van der Waals surface area contributed by atoms with Crippen LogP contribution < -0.4 is 9.80 Å². The second-order valence-electron chi connectivity index (χ2n) is 7.03. The van der Waals surface area contributed by atoms with Crippen molar-refractivity contribution >= 4 is 29.8 Å². The summed E-state index contributed by atoms with van der Waals surface area (Å²) in [6, 6.07) is 23.4. The maximum Gasteiger partial charge on any atom is 0.414 e. The van der Waals surface area contributed by atoms with Crippen LogP contribution in [0, 0.1) is 0 Å². The van der Waals surface area contributed by atoms with E-state index in [2.05, 4.69) is 0 Å². The van der Waals surface area contributed by atoms with E-state index in [9.17, 15) is 14.4 Å². The molecule has 7 nitrogen and oxygen atoms in total. The van der Waals surface area contributed by atoms with E-state index >= 15 is 0 Å². The molecule has 0 aliphatic rings. The predicted molar refractivity (Wildman–Crippen MR) is 122 cm³/mol. The van der Waals surface area contributed by atoms with E-state index in [1.165, 1.54) is 23.9 Å². The number of aldehydes is 1. The average Bonchev–Trinajstić information content (AvgIpc) is 2.85. The summed E-state index contributed by atoms with van der Waals surface area (Å²) in [5.41, 5.74) is 2.50. The van der Waals surface area contributed by atoms with Gasteiger partial charge in [0.1, 0.15) is 13.2 Å². The lowest BCUT2D eigenvalue weighted by Crippen LogP contribution is -2.31. The van der Waals surface area contributed by atoms with Gasteiger partial charge in [-0.3, -0.25) is 14.6 Å². The van der Waals surface area contributed by atoms with E-state index in [1.54, 1.807) is 18.2 Å². The van der Waals surface area contributed by atoms with Gasteiger partial charge in [-0.1, -0.05) is 66.7 Å². The molecule has 0 bridgehead atoms. The number of rotatable bonds is 7. The molecule has 0 atom stereocenters. The zero-order valence-electron chi connectivity index (χ0n) is 17.9. The van der Waals surface area contributed by atoms with Gasteiger partial charge in [-0.2, -0.15) is 0 Å². The second-order valence-corrected chi connectivity index (χ2v) is 7.03. The molecular weight excluding hydrogens is 408 g/mol. The molecule has 2 amide bonds. The standard InChI is InChI=1S/C25H24N2O5/c1-26(24(29)31-17-19-10-5-3-6-11-19)22-14-9-15-23(21(22)16-28)27(2)25(30)32-18-20-12-7-4-8-13-20/h3-16H,17-18H2,1-2H3. The van der Waals surface area contributed by atoms with Gasteiger partial charge in [0.2, 0.25) is 0 Å². The average molecular weight is 432 g/mol. The first-order chi connectivity index (χ1) is 15.5. The summed E-state index contributed by atoms with van der Waals surface area (Å²) < 4.78 is 10.7. The van der Waals surface area contributed by atoms with Gasteiger partial charge < -0.3 is 9.47 Å². The summed E-state index contributed by atoms with van der Waals surface area (Å²) in [5.74, 6) is 0. The fraction of sp³-hybridized carbons (Fsp3) is 0.160. The van der Waals surface area contributed by atoms with Gasteiger partial charge in [0.05, 0.1) is 16.9 Å². The minimum atomic E-state index is -0.622. The zero-order valence-corrected chi connectivity index (χ0v) is 17.9. The molecule has 0 aromatic heterocycles. The molecule has 0 radical (unpaired) electrons. The van der Waals surface area contributed by atoms with Crippen molar-refractivity contribution < 1.29 is 23.9 Å². The molecule has 0 N–H and O–H groups in total. The minimum absolute atomic E-state index is 0.103. The van der Waals surface area contributed by atoms with Crippen LogP contribution in [0.3, 0.4) is 0 Å². The SMILES string of the molecule is CN(C(=O)OCc1ccccc1)c1cccc(N(C)C(=O)OCc2ccccc2)c1C=O. The summed E-state index contributed by atoms with van der Waals surface area (Å²) in [6.45, 7) is 0.206. The first kappa shape index (κ1) is 22.6. The number of benzene rings is 3. The Morgan fingerprint density at radius 3 is 1.47 bits per heavy atom. The van der Waals surface area contributed by atoms with E-state index < -0.39 is 12.2 Å². The molecule has 7 heteroatoms. The van der Waals surface area contributed by atoms with Crippen molar-refractivity contribution in [3.63, 3.8) is 0 Å². The van der Waals surface area contributed by atoms with Gasteiger partial charge in [-0.15, -0.1) is 0 Å². The molecule has 0 heterocycles. The van der Waals surface area contributed by atoms with E-state index in [1.807, 2.05) is 60.7 Å². The van der Waals surface area contributed by atoms with Gasteiger partial charge >= 0.3 is 12.2 Å². The molecular formula is C25H24N2O5. The van der Waals surface area contributed by atoms with Crippen molar-refractivity contribution in [1.29, 1.82) is 0 Å². The van der Waals surface area contributed by atoms with Gasteiger partial charge in [-0.05, 0) is 23.3 Å². The van der Waals surface area contributed by atoms with E-state index in [0.717, 1.165) is 11.1 Å². The summed E-state index contributed by atoms with van der Waals surface area (Å²) in [5, 5.41) is 0. The van der Waals surface area contributed by atoms with Crippen LogP contribution in [0.5, 0.6) is 0 Å². The molecule has 0 spiro atoms. The summed E-state index contributed by atoms with van der Waals surface area (Å²) in [7, 11) is 3.01. The van der Waals surface area contributed by atoms with Gasteiger partial charge in [0.15, 0.2) is 6.29 Å². The number of ether oxygens (including phenoxy) is 2. The van der Waals surface area contributed by atoms with Crippen LogP contribution in [0.1, 0.15) is 21.5 Å². The Kier molecular flexibility index (Phi) is 7.59. The molecule has 164 valence electrons. The molecule has 3 aromatic carbocycles. The third-order valence-electron chi connectivity index (χ3n) is 4.86. The third-order valence-corrected chi connectivity index (χ3v) is 4.86. The maximum atomic E-state index is 12.5. The van der Waals surface area contributed by atoms with Crippen molar-refractivity contribution in [3.05, 3.63) is 95.6 Å². The van der Waals surface area contributed by atoms with Crippen LogP contribution in [0.15, 0.2) is 78.9 Å². The molecule has 0 saturated carbocycles. The number of anilines is 2.